The van der Waals surface area contributed by atoms with Gasteiger partial charge in [-0.15, -0.1) is 0 Å². The highest BCUT2D eigenvalue weighted by atomic mass is 16.5. The molecule has 0 saturated heterocycles. The molecule has 0 unspecified atom stereocenters. The maximum absolute atomic E-state index is 12.8. The minimum absolute atomic E-state index is 0.0266. The molecule has 0 aliphatic heterocycles. The van der Waals surface area contributed by atoms with E-state index in [0.29, 0.717) is 40.2 Å². The van der Waals surface area contributed by atoms with E-state index in [4.69, 9.17) is 9.15 Å². The molecule has 0 fully saturated rings. The summed E-state index contributed by atoms with van der Waals surface area (Å²) in [6.45, 7) is 5.61. The third kappa shape index (κ3) is 4.34. The monoisotopic (exact) mass is 380 g/mol. The van der Waals surface area contributed by atoms with E-state index >= 15 is 0 Å². The van der Waals surface area contributed by atoms with Gasteiger partial charge in [0.2, 0.25) is 5.91 Å². The number of aryl methyl sites for hydroxylation is 1. The predicted octanol–water partition coefficient (Wildman–Crippen LogP) is 4.07. The van der Waals surface area contributed by atoms with Gasteiger partial charge in [-0.2, -0.15) is 0 Å². The van der Waals surface area contributed by atoms with Crippen LogP contribution < -0.4 is 15.4 Å². The molecule has 0 atom stereocenters. The van der Waals surface area contributed by atoms with Gasteiger partial charge in [0, 0.05) is 17.1 Å². The SMILES string of the molecule is COc1ccc2oc(C)c(C(=O)Nc3ccc(CC(=O)NC(C)C)cc3)c2c1. The van der Waals surface area contributed by atoms with Crippen molar-refractivity contribution in [1.82, 2.24) is 5.32 Å². The lowest BCUT2D eigenvalue weighted by atomic mass is 10.1. The van der Waals surface area contributed by atoms with Crippen molar-refractivity contribution in [3.63, 3.8) is 0 Å². The summed E-state index contributed by atoms with van der Waals surface area (Å²) < 4.78 is 10.9. The van der Waals surface area contributed by atoms with E-state index in [1.165, 1.54) is 0 Å². The number of rotatable bonds is 6. The van der Waals surface area contributed by atoms with Crippen molar-refractivity contribution in [2.45, 2.75) is 33.2 Å². The number of hydrogen-bond acceptors (Lipinski definition) is 4. The lowest BCUT2D eigenvalue weighted by molar-refractivity contribution is -0.120. The van der Waals surface area contributed by atoms with Crippen molar-refractivity contribution < 1.29 is 18.7 Å². The van der Waals surface area contributed by atoms with Crippen LogP contribution in [0.25, 0.3) is 11.0 Å². The molecule has 0 spiro atoms. The van der Waals surface area contributed by atoms with Crippen molar-refractivity contribution in [3.8, 4) is 5.75 Å². The van der Waals surface area contributed by atoms with Gasteiger partial charge in [0.05, 0.1) is 19.1 Å². The number of furan rings is 1. The van der Waals surface area contributed by atoms with E-state index in [-0.39, 0.29) is 17.9 Å². The maximum Gasteiger partial charge on any atom is 0.259 e. The number of methoxy groups -OCH3 is 1. The molecule has 6 nitrogen and oxygen atoms in total. The smallest absolute Gasteiger partial charge is 0.259 e. The van der Waals surface area contributed by atoms with Crippen molar-refractivity contribution in [1.29, 1.82) is 0 Å². The zero-order valence-electron chi connectivity index (χ0n) is 16.5. The van der Waals surface area contributed by atoms with Crippen molar-refractivity contribution in [2.75, 3.05) is 12.4 Å². The highest BCUT2D eigenvalue weighted by Gasteiger charge is 2.19. The number of fused-ring (bicyclic) bond motifs is 1. The summed E-state index contributed by atoms with van der Waals surface area (Å²) >= 11 is 0. The van der Waals surface area contributed by atoms with Crippen molar-refractivity contribution >= 4 is 28.5 Å². The number of carbonyl (C=O) groups is 2. The van der Waals surface area contributed by atoms with E-state index in [1.807, 2.05) is 26.0 Å². The molecule has 6 heteroatoms. The first kappa shape index (κ1) is 19.5. The van der Waals surface area contributed by atoms with Gasteiger partial charge in [-0.25, -0.2) is 0 Å². The largest absolute Gasteiger partial charge is 0.497 e. The average molecular weight is 380 g/mol. The van der Waals surface area contributed by atoms with Gasteiger partial charge < -0.3 is 19.8 Å². The summed E-state index contributed by atoms with van der Waals surface area (Å²) in [4.78, 5) is 24.7. The van der Waals surface area contributed by atoms with E-state index in [0.717, 1.165) is 5.56 Å². The Labute approximate surface area is 163 Å². The minimum Gasteiger partial charge on any atom is -0.497 e. The summed E-state index contributed by atoms with van der Waals surface area (Å²) in [5.41, 5.74) is 2.64. The molecule has 0 bridgehead atoms. The van der Waals surface area contributed by atoms with Crippen LogP contribution in [0.4, 0.5) is 5.69 Å². The number of nitrogens with one attached hydrogen (secondary N) is 2. The zero-order chi connectivity index (χ0) is 20.3. The standard InChI is InChI=1S/C22H24N2O4/c1-13(2)23-20(25)11-15-5-7-16(8-6-15)24-22(26)21-14(3)28-19-10-9-17(27-4)12-18(19)21/h5-10,12-13H,11H2,1-4H3,(H,23,25)(H,24,26). The van der Waals surface area contributed by atoms with Gasteiger partial charge >= 0.3 is 0 Å². The normalized spacial score (nSPS) is 10.9. The van der Waals surface area contributed by atoms with Crippen LogP contribution in [0.5, 0.6) is 5.75 Å². The Morgan fingerprint density at radius 3 is 2.46 bits per heavy atom. The van der Waals surface area contributed by atoms with Gasteiger partial charge in [-0.1, -0.05) is 12.1 Å². The Hall–Kier alpha value is -3.28. The number of amides is 2. The molecule has 28 heavy (non-hydrogen) atoms. The van der Waals surface area contributed by atoms with Gasteiger partial charge in [0.25, 0.3) is 5.91 Å². The fourth-order valence-electron chi connectivity index (χ4n) is 3.07. The molecule has 146 valence electrons. The molecule has 2 amide bonds. The third-order valence-electron chi connectivity index (χ3n) is 4.32. The topological polar surface area (TPSA) is 80.6 Å². The Morgan fingerprint density at radius 1 is 1.11 bits per heavy atom. The number of benzene rings is 2. The molecule has 2 N–H and O–H groups in total. The van der Waals surface area contributed by atoms with Crippen LogP contribution in [-0.4, -0.2) is 25.0 Å². The summed E-state index contributed by atoms with van der Waals surface area (Å²) in [6, 6.07) is 12.7. The molecular weight excluding hydrogens is 356 g/mol. The summed E-state index contributed by atoms with van der Waals surface area (Å²) in [5, 5.41) is 6.45. The van der Waals surface area contributed by atoms with E-state index in [1.54, 1.807) is 44.4 Å². The highest BCUT2D eigenvalue weighted by molar-refractivity contribution is 6.13. The van der Waals surface area contributed by atoms with Crippen LogP contribution in [0.2, 0.25) is 0 Å². The zero-order valence-corrected chi connectivity index (χ0v) is 16.5. The van der Waals surface area contributed by atoms with Crippen molar-refractivity contribution in [2.24, 2.45) is 0 Å². The molecular formula is C22H24N2O4. The lowest BCUT2D eigenvalue weighted by Crippen LogP contribution is -2.31. The first-order valence-electron chi connectivity index (χ1n) is 9.14. The molecule has 3 rings (SSSR count). The molecule has 0 aliphatic carbocycles. The number of hydrogen-bond donors (Lipinski definition) is 2. The van der Waals surface area contributed by atoms with Gasteiger partial charge in [0.15, 0.2) is 0 Å². The first-order valence-corrected chi connectivity index (χ1v) is 9.14. The second kappa shape index (κ2) is 8.17. The lowest BCUT2D eigenvalue weighted by Gasteiger charge is -2.09. The minimum atomic E-state index is -0.255. The van der Waals surface area contributed by atoms with E-state index in [9.17, 15) is 9.59 Å². The molecule has 3 aromatic rings. The molecule has 0 aliphatic rings. The fourth-order valence-corrected chi connectivity index (χ4v) is 3.07. The van der Waals surface area contributed by atoms with Crippen LogP contribution in [0.15, 0.2) is 46.9 Å². The summed E-state index contributed by atoms with van der Waals surface area (Å²) in [6.07, 6.45) is 0.303. The number of carbonyl (C=O) groups excluding carboxylic acids is 2. The molecule has 0 radical (unpaired) electrons. The molecule has 1 heterocycles. The molecule has 2 aromatic carbocycles. The Balaban J connectivity index is 1.75. The van der Waals surface area contributed by atoms with E-state index < -0.39 is 0 Å². The van der Waals surface area contributed by atoms with Gasteiger partial charge in [0.1, 0.15) is 17.1 Å². The predicted molar refractivity (Wildman–Crippen MR) is 109 cm³/mol. The Bertz CT molecular complexity index is 1000. The van der Waals surface area contributed by atoms with Crippen LogP contribution in [-0.2, 0) is 11.2 Å². The summed E-state index contributed by atoms with van der Waals surface area (Å²) in [7, 11) is 1.58. The molecule has 1 aromatic heterocycles. The maximum atomic E-state index is 12.8. The second-order valence-corrected chi connectivity index (χ2v) is 6.95. The number of ether oxygens (including phenoxy) is 1. The van der Waals surface area contributed by atoms with Crippen LogP contribution in [0, 0.1) is 6.92 Å². The van der Waals surface area contributed by atoms with E-state index in [2.05, 4.69) is 10.6 Å². The quantitative estimate of drug-likeness (QED) is 0.675. The Kier molecular flexibility index (Phi) is 5.68. The first-order chi connectivity index (χ1) is 13.4. The van der Waals surface area contributed by atoms with Gasteiger partial charge in [-0.3, -0.25) is 9.59 Å². The fraction of sp³-hybridized carbons (Fsp3) is 0.273. The average Bonchev–Trinajstić information content (AvgIpc) is 2.97. The Morgan fingerprint density at radius 2 is 1.82 bits per heavy atom. The highest BCUT2D eigenvalue weighted by Crippen LogP contribution is 2.29. The molecule has 0 saturated carbocycles. The van der Waals surface area contributed by atoms with Crippen LogP contribution in [0.1, 0.15) is 35.5 Å². The van der Waals surface area contributed by atoms with Gasteiger partial charge in [-0.05, 0) is 56.7 Å². The van der Waals surface area contributed by atoms with Crippen LogP contribution >= 0.6 is 0 Å². The summed E-state index contributed by atoms with van der Waals surface area (Å²) in [5.74, 6) is 0.921. The van der Waals surface area contributed by atoms with Crippen molar-refractivity contribution in [3.05, 3.63) is 59.4 Å². The second-order valence-electron chi connectivity index (χ2n) is 6.95. The van der Waals surface area contributed by atoms with Crippen LogP contribution in [0.3, 0.4) is 0 Å². The third-order valence-corrected chi connectivity index (χ3v) is 4.32. The number of anilines is 1.